The molecule has 1 aromatic rings. The molecule has 0 radical (unpaired) electrons. The molecule has 1 amide bonds. The summed E-state index contributed by atoms with van der Waals surface area (Å²) in [6.07, 6.45) is 2.61. The Labute approximate surface area is 155 Å². The summed E-state index contributed by atoms with van der Waals surface area (Å²) in [5, 5.41) is 3.28. The van der Waals surface area contributed by atoms with Gasteiger partial charge in [-0.2, -0.15) is 0 Å². The number of nitrogens with one attached hydrogen (secondary N) is 1. The summed E-state index contributed by atoms with van der Waals surface area (Å²) in [5.41, 5.74) is 1.36. The van der Waals surface area contributed by atoms with Crippen molar-refractivity contribution in [3.05, 3.63) is 28.8 Å². The molecular weight excluding hydrogens is 364 g/mol. The van der Waals surface area contributed by atoms with Crippen LogP contribution in [-0.4, -0.2) is 46.9 Å². The number of benzene rings is 1. The minimum atomic E-state index is -3.46. The van der Waals surface area contributed by atoms with Crippen LogP contribution in [0.2, 0.25) is 5.02 Å². The van der Waals surface area contributed by atoms with E-state index in [0.29, 0.717) is 36.9 Å². The molecule has 0 heterocycles. The molecule has 25 heavy (non-hydrogen) atoms. The number of amides is 1. The van der Waals surface area contributed by atoms with Crippen molar-refractivity contribution in [1.29, 1.82) is 0 Å². The monoisotopic (exact) mass is 390 g/mol. The molecular formula is C17H27ClN2O4S. The van der Waals surface area contributed by atoms with Crippen molar-refractivity contribution in [1.82, 2.24) is 5.32 Å². The summed E-state index contributed by atoms with van der Waals surface area (Å²) >= 11 is 5.99. The maximum atomic E-state index is 12.1. The SMILES string of the molecule is CCOCCCNC(=O)CCCN(c1cc(Cl)ccc1C)S(C)(=O)=O. The molecule has 0 aliphatic rings. The van der Waals surface area contributed by atoms with E-state index in [4.69, 9.17) is 16.3 Å². The first-order chi connectivity index (χ1) is 11.8. The number of rotatable bonds is 11. The first-order valence-corrected chi connectivity index (χ1v) is 10.6. The van der Waals surface area contributed by atoms with E-state index in [2.05, 4.69) is 5.32 Å². The fraction of sp³-hybridized carbons (Fsp3) is 0.588. The summed E-state index contributed by atoms with van der Waals surface area (Å²) < 4.78 is 30.7. The molecule has 1 rings (SSSR count). The number of hydrogen-bond donors (Lipinski definition) is 1. The quantitative estimate of drug-likeness (QED) is 0.589. The minimum absolute atomic E-state index is 0.0900. The van der Waals surface area contributed by atoms with Crippen LogP contribution in [0.5, 0.6) is 0 Å². The molecule has 1 aromatic carbocycles. The van der Waals surface area contributed by atoms with Gasteiger partial charge in [0.15, 0.2) is 0 Å². The third kappa shape index (κ3) is 8.07. The number of sulfonamides is 1. The summed E-state index contributed by atoms with van der Waals surface area (Å²) in [4.78, 5) is 11.8. The van der Waals surface area contributed by atoms with Crippen LogP contribution in [0, 0.1) is 6.92 Å². The Balaban J connectivity index is 2.56. The molecule has 8 heteroatoms. The normalized spacial score (nSPS) is 11.4. The largest absolute Gasteiger partial charge is 0.382 e. The molecule has 142 valence electrons. The average molecular weight is 391 g/mol. The zero-order valence-corrected chi connectivity index (χ0v) is 16.6. The van der Waals surface area contributed by atoms with Gasteiger partial charge in [0.25, 0.3) is 0 Å². The van der Waals surface area contributed by atoms with E-state index >= 15 is 0 Å². The number of anilines is 1. The third-order valence-corrected chi connectivity index (χ3v) is 5.01. The Morgan fingerprint density at radius 2 is 2.04 bits per heavy atom. The minimum Gasteiger partial charge on any atom is -0.382 e. The van der Waals surface area contributed by atoms with Gasteiger partial charge in [-0.3, -0.25) is 9.10 Å². The maximum absolute atomic E-state index is 12.1. The van der Waals surface area contributed by atoms with Gasteiger partial charge >= 0.3 is 0 Å². The maximum Gasteiger partial charge on any atom is 0.232 e. The van der Waals surface area contributed by atoms with Gasteiger partial charge < -0.3 is 10.1 Å². The zero-order chi connectivity index (χ0) is 18.9. The van der Waals surface area contributed by atoms with E-state index < -0.39 is 10.0 Å². The molecule has 0 saturated carbocycles. The lowest BCUT2D eigenvalue weighted by Crippen LogP contribution is -2.33. The Morgan fingerprint density at radius 1 is 1.32 bits per heavy atom. The van der Waals surface area contributed by atoms with Crippen molar-refractivity contribution >= 4 is 33.2 Å². The smallest absolute Gasteiger partial charge is 0.232 e. The van der Waals surface area contributed by atoms with E-state index in [1.165, 1.54) is 4.31 Å². The van der Waals surface area contributed by atoms with Crippen LogP contribution < -0.4 is 9.62 Å². The van der Waals surface area contributed by atoms with E-state index in [-0.39, 0.29) is 18.9 Å². The van der Waals surface area contributed by atoms with Crippen molar-refractivity contribution in [2.75, 3.05) is 36.9 Å². The molecule has 1 N–H and O–H groups in total. The number of carbonyl (C=O) groups excluding carboxylic acids is 1. The molecule has 0 bridgehead atoms. The zero-order valence-electron chi connectivity index (χ0n) is 15.0. The number of halogens is 1. The average Bonchev–Trinajstić information content (AvgIpc) is 2.53. The van der Waals surface area contributed by atoms with Gasteiger partial charge in [0.05, 0.1) is 11.9 Å². The van der Waals surface area contributed by atoms with E-state index in [0.717, 1.165) is 18.2 Å². The van der Waals surface area contributed by atoms with Crippen LogP contribution in [0.3, 0.4) is 0 Å². The first-order valence-electron chi connectivity index (χ1n) is 8.34. The van der Waals surface area contributed by atoms with Gasteiger partial charge in [-0.1, -0.05) is 17.7 Å². The van der Waals surface area contributed by atoms with Crippen LogP contribution >= 0.6 is 11.6 Å². The van der Waals surface area contributed by atoms with Crippen molar-refractivity contribution in [3.8, 4) is 0 Å². The predicted molar refractivity (Wildman–Crippen MR) is 102 cm³/mol. The van der Waals surface area contributed by atoms with Crippen molar-refractivity contribution in [2.45, 2.75) is 33.1 Å². The molecule has 0 aromatic heterocycles. The molecule has 0 atom stereocenters. The second kappa shape index (κ2) is 10.6. The topological polar surface area (TPSA) is 75.7 Å². The van der Waals surface area contributed by atoms with Crippen LogP contribution in [-0.2, 0) is 19.6 Å². The highest BCUT2D eigenvalue weighted by atomic mass is 35.5. The fourth-order valence-electron chi connectivity index (χ4n) is 2.33. The number of hydrogen-bond acceptors (Lipinski definition) is 4. The Hall–Kier alpha value is -1.31. The predicted octanol–water partition coefficient (Wildman–Crippen LogP) is 2.74. The fourth-order valence-corrected chi connectivity index (χ4v) is 3.52. The van der Waals surface area contributed by atoms with Crippen LogP contribution in [0.25, 0.3) is 0 Å². The second-order valence-electron chi connectivity index (χ2n) is 5.77. The highest BCUT2D eigenvalue weighted by Crippen LogP contribution is 2.26. The number of carbonyl (C=O) groups is 1. The van der Waals surface area contributed by atoms with Gasteiger partial charge in [0.2, 0.25) is 15.9 Å². The van der Waals surface area contributed by atoms with Gasteiger partial charge in [-0.15, -0.1) is 0 Å². The van der Waals surface area contributed by atoms with Gasteiger partial charge in [-0.25, -0.2) is 8.42 Å². The van der Waals surface area contributed by atoms with E-state index in [1.807, 2.05) is 13.8 Å². The molecule has 6 nitrogen and oxygen atoms in total. The Bertz CT molecular complexity index is 665. The van der Waals surface area contributed by atoms with Crippen molar-refractivity contribution in [3.63, 3.8) is 0 Å². The molecule has 0 aliphatic heterocycles. The number of aryl methyl sites for hydroxylation is 1. The molecule has 0 fully saturated rings. The number of nitrogens with zero attached hydrogens (tertiary/aromatic N) is 1. The first kappa shape index (κ1) is 21.7. The summed E-state index contributed by atoms with van der Waals surface area (Å²) in [6, 6.07) is 5.13. The van der Waals surface area contributed by atoms with E-state index in [9.17, 15) is 13.2 Å². The lowest BCUT2D eigenvalue weighted by atomic mass is 10.2. The van der Waals surface area contributed by atoms with Crippen molar-refractivity contribution in [2.24, 2.45) is 0 Å². The van der Waals surface area contributed by atoms with Gasteiger partial charge in [-0.05, 0) is 44.4 Å². The number of ether oxygens (including phenoxy) is 1. The summed E-state index contributed by atoms with van der Waals surface area (Å²) in [5.74, 6) is -0.0900. The van der Waals surface area contributed by atoms with E-state index in [1.54, 1.807) is 18.2 Å². The Kier molecular flexibility index (Phi) is 9.24. The van der Waals surface area contributed by atoms with Crippen molar-refractivity contribution < 1.29 is 17.9 Å². The van der Waals surface area contributed by atoms with Crippen LogP contribution in [0.1, 0.15) is 31.7 Å². The van der Waals surface area contributed by atoms with Gasteiger partial charge in [0.1, 0.15) is 0 Å². The molecule has 0 unspecified atom stereocenters. The van der Waals surface area contributed by atoms with Gasteiger partial charge in [0, 0.05) is 37.7 Å². The lowest BCUT2D eigenvalue weighted by Gasteiger charge is -2.24. The Morgan fingerprint density at radius 3 is 2.68 bits per heavy atom. The highest BCUT2D eigenvalue weighted by Gasteiger charge is 2.19. The van der Waals surface area contributed by atoms with Crippen LogP contribution in [0.15, 0.2) is 18.2 Å². The molecule has 0 spiro atoms. The lowest BCUT2D eigenvalue weighted by molar-refractivity contribution is -0.121. The van der Waals surface area contributed by atoms with Crippen LogP contribution in [0.4, 0.5) is 5.69 Å². The second-order valence-corrected chi connectivity index (χ2v) is 8.11. The molecule has 0 saturated heterocycles. The summed E-state index contributed by atoms with van der Waals surface area (Å²) in [7, 11) is -3.46. The molecule has 0 aliphatic carbocycles. The third-order valence-electron chi connectivity index (χ3n) is 3.60. The summed E-state index contributed by atoms with van der Waals surface area (Å²) in [6.45, 7) is 5.82. The highest BCUT2D eigenvalue weighted by molar-refractivity contribution is 7.92. The standard InChI is InChI=1S/C17H27ClN2O4S/c1-4-24-12-6-10-19-17(21)7-5-11-20(25(3,22)23)16-13-15(18)9-8-14(16)2/h8-9,13H,4-7,10-12H2,1-3H3,(H,19,21).